The second-order valence-corrected chi connectivity index (χ2v) is 2.71. The highest BCUT2D eigenvalue weighted by Crippen LogP contribution is 2.32. The number of hydrogen-bond acceptors (Lipinski definition) is 1. The van der Waals surface area contributed by atoms with Gasteiger partial charge in [-0.2, -0.15) is 13.2 Å². The molecule has 0 bridgehead atoms. The number of hydrogen-bond donors (Lipinski definition) is 1. The van der Waals surface area contributed by atoms with Crippen LogP contribution in [0.2, 0.25) is 0 Å². The van der Waals surface area contributed by atoms with Gasteiger partial charge in [0.15, 0.2) is 0 Å². The van der Waals surface area contributed by atoms with Crippen LogP contribution in [-0.4, -0.2) is 15.6 Å². The second kappa shape index (κ2) is 3.69. The smallest absolute Gasteiger partial charge is 0.432 e. The Bertz CT molecular complexity index is 426. The van der Waals surface area contributed by atoms with Crippen molar-refractivity contribution in [1.82, 2.24) is 4.57 Å². The predicted molar refractivity (Wildman–Crippen MR) is 45.2 cm³/mol. The van der Waals surface area contributed by atoms with E-state index in [0.29, 0.717) is 4.57 Å². The van der Waals surface area contributed by atoms with Gasteiger partial charge in [0.2, 0.25) is 0 Å². The van der Waals surface area contributed by atoms with Crippen molar-refractivity contribution in [2.24, 2.45) is 0 Å². The van der Waals surface area contributed by atoms with E-state index in [-0.39, 0.29) is 6.54 Å². The molecule has 1 heterocycles. The predicted octanol–water partition coefficient (Wildman–Crippen LogP) is 1.84. The minimum atomic E-state index is -4.73. The zero-order valence-electron chi connectivity index (χ0n) is 7.38. The van der Waals surface area contributed by atoms with Crippen molar-refractivity contribution in [3.8, 4) is 12.3 Å². The molecule has 15 heavy (non-hydrogen) atoms. The lowest BCUT2D eigenvalue weighted by atomic mass is 10.2. The minimum absolute atomic E-state index is 0.317. The summed E-state index contributed by atoms with van der Waals surface area (Å²) in [5.74, 6) is 0.392. The molecule has 0 aliphatic heterocycles. The van der Waals surface area contributed by atoms with Crippen LogP contribution in [0.4, 0.5) is 13.2 Å². The first-order valence-electron chi connectivity index (χ1n) is 3.81. The maximum absolute atomic E-state index is 12.5. The molecule has 1 rings (SSSR count). The Morgan fingerprint density at radius 3 is 2.60 bits per heavy atom. The fraction of sp³-hybridized carbons (Fsp3) is 0.222. The summed E-state index contributed by atoms with van der Waals surface area (Å²) in [6.45, 7) is -0.317. The highest BCUT2D eigenvalue weighted by Gasteiger charge is 2.38. The molecule has 0 atom stereocenters. The number of nitrogens with zero attached hydrogens (tertiary/aromatic N) is 1. The first-order valence-corrected chi connectivity index (χ1v) is 3.81. The molecule has 0 radical (unpaired) electrons. The molecule has 0 saturated carbocycles. The molecule has 0 spiro atoms. The molecule has 80 valence electrons. The Morgan fingerprint density at radius 2 is 2.20 bits per heavy atom. The number of carbonyl (C=O) groups is 1. The van der Waals surface area contributed by atoms with E-state index in [0.717, 1.165) is 12.3 Å². The monoisotopic (exact) mass is 217 g/mol. The molecule has 1 N–H and O–H groups in total. The van der Waals surface area contributed by atoms with Gasteiger partial charge in [-0.05, 0) is 6.07 Å². The number of terminal acetylenes is 1. The largest absolute Gasteiger partial charge is 0.478 e. The molecule has 0 aromatic carbocycles. The molecule has 3 nitrogen and oxygen atoms in total. The van der Waals surface area contributed by atoms with E-state index in [9.17, 15) is 18.0 Å². The van der Waals surface area contributed by atoms with Gasteiger partial charge in [-0.15, -0.1) is 6.42 Å². The summed E-state index contributed by atoms with van der Waals surface area (Å²) in [7, 11) is 0. The van der Waals surface area contributed by atoms with Crippen LogP contribution < -0.4 is 0 Å². The van der Waals surface area contributed by atoms with Crippen LogP contribution in [0.3, 0.4) is 0 Å². The lowest BCUT2D eigenvalue weighted by Crippen LogP contribution is -2.17. The van der Waals surface area contributed by atoms with Crippen molar-refractivity contribution < 1.29 is 23.1 Å². The van der Waals surface area contributed by atoms with Crippen LogP contribution in [0, 0.1) is 12.3 Å². The van der Waals surface area contributed by atoms with Crippen LogP contribution in [0.25, 0.3) is 0 Å². The normalized spacial score (nSPS) is 11.1. The first-order chi connectivity index (χ1) is 6.88. The van der Waals surface area contributed by atoms with Crippen molar-refractivity contribution in [1.29, 1.82) is 0 Å². The molecule has 6 heteroatoms. The van der Waals surface area contributed by atoms with E-state index < -0.39 is 23.4 Å². The number of alkyl halides is 3. The van der Waals surface area contributed by atoms with Gasteiger partial charge in [-0.1, -0.05) is 5.92 Å². The lowest BCUT2D eigenvalue weighted by molar-refractivity contribution is -0.143. The number of carboxylic acids is 1. The molecule has 0 saturated heterocycles. The fourth-order valence-electron chi connectivity index (χ4n) is 1.19. The van der Waals surface area contributed by atoms with Gasteiger partial charge in [-0.25, -0.2) is 4.79 Å². The number of aromatic carboxylic acids is 1. The Balaban J connectivity index is 3.34. The SMILES string of the molecule is C#CCn1ccc(C(=O)O)c1C(F)(F)F. The average molecular weight is 217 g/mol. The van der Waals surface area contributed by atoms with Crippen LogP contribution in [0.15, 0.2) is 12.3 Å². The maximum Gasteiger partial charge on any atom is 0.432 e. The number of aromatic nitrogens is 1. The van der Waals surface area contributed by atoms with E-state index in [1.54, 1.807) is 0 Å². The summed E-state index contributed by atoms with van der Waals surface area (Å²) in [4.78, 5) is 10.5. The summed E-state index contributed by atoms with van der Waals surface area (Å²) >= 11 is 0. The van der Waals surface area contributed by atoms with E-state index in [1.165, 1.54) is 0 Å². The lowest BCUT2D eigenvalue weighted by Gasteiger charge is -2.10. The van der Waals surface area contributed by atoms with E-state index in [1.807, 2.05) is 5.92 Å². The summed E-state index contributed by atoms with van der Waals surface area (Å²) in [6, 6.07) is 0.877. The molecule has 1 aromatic heterocycles. The van der Waals surface area contributed by atoms with Gasteiger partial charge in [0, 0.05) is 6.20 Å². The summed E-state index contributed by atoms with van der Waals surface area (Å²) in [6.07, 6.45) is 1.15. The van der Waals surface area contributed by atoms with Gasteiger partial charge in [0.05, 0.1) is 12.1 Å². The minimum Gasteiger partial charge on any atom is -0.478 e. The van der Waals surface area contributed by atoms with Crippen molar-refractivity contribution in [2.75, 3.05) is 0 Å². The van der Waals surface area contributed by atoms with Crippen LogP contribution in [-0.2, 0) is 12.7 Å². The van der Waals surface area contributed by atoms with Crippen molar-refractivity contribution in [3.63, 3.8) is 0 Å². The fourth-order valence-corrected chi connectivity index (χ4v) is 1.19. The molecule has 0 fully saturated rings. The second-order valence-electron chi connectivity index (χ2n) is 2.71. The van der Waals surface area contributed by atoms with Crippen molar-refractivity contribution in [3.05, 3.63) is 23.5 Å². The van der Waals surface area contributed by atoms with Crippen molar-refractivity contribution in [2.45, 2.75) is 12.7 Å². The molecule has 0 unspecified atom stereocenters. The molecular formula is C9H6F3NO2. The molecule has 0 amide bonds. The third-order valence-electron chi connectivity index (χ3n) is 1.72. The third kappa shape index (κ3) is 2.13. The molecule has 0 aliphatic rings. The summed E-state index contributed by atoms with van der Waals surface area (Å²) in [5.41, 5.74) is -2.02. The molecule has 1 aromatic rings. The number of carboxylic acid groups (broad SMARTS) is 1. The summed E-state index contributed by atoms with van der Waals surface area (Å²) in [5, 5.41) is 8.55. The number of rotatable bonds is 2. The highest BCUT2D eigenvalue weighted by molar-refractivity contribution is 5.89. The summed E-state index contributed by atoms with van der Waals surface area (Å²) < 4.78 is 38.1. The Kier molecular flexibility index (Phi) is 2.75. The maximum atomic E-state index is 12.5. The van der Waals surface area contributed by atoms with Gasteiger partial charge in [0.1, 0.15) is 5.69 Å². The van der Waals surface area contributed by atoms with E-state index in [2.05, 4.69) is 0 Å². The van der Waals surface area contributed by atoms with Gasteiger partial charge < -0.3 is 9.67 Å². The Hall–Kier alpha value is -1.90. The Morgan fingerprint density at radius 1 is 1.60 bits per heavy atom. The molecular weight excluding hydrogens is 211 g/mol. The van der Waals surface area contributed by atoms with Gasteiger partial charge in [-0.3, -0.25) is 0 Å². The topological polar surface area (TPSA) is 42.2 Å². The average Bonchev–Trinajstić information content (AvgIpc) is 2.47. The van der Waals surface area contributed by atoms with Crippen LogP contribution in [0.1, 0.15) is 16.1 Å². The van der Waals surface area contributed by atoms with Gasteiger partial charge >= 0.3 is 12.1 Å². The van der Waals surface area contributed by atoms with E-state index in [4.69, 9.17) is 11.5 Å². The molecule has 0 aliphatic carbocycles. The first kappa shape index (κ1) is 11.2. The third-order valence-corrected chi connectivity index (χ3v) is 1.72. The highest BCUT2D eigenvalue weighted by atomic mass is 19.4. The van der Waals surface area contributed by atoms with Gasteiger partial charge in [0.25, 0.3) is 0 Å². The van der Waals surface area contributed by atoms with Crippen LogP contribution >= 0.6 is 0 Å². The number of halogens is 3. The van der Waals surface area contributed by atoms with Crippen molar-refractivity contribution >= 4 is 5.97 Å². The zero-order valence-corrected chi connectivity index (χ0v) is 7.38. The van der Waals surface area contributed by atoms with E-state index >= 15 is 0 Å². The van der Waals surface area contributed by atoms with Crippen LogP contribution in [0.5, 0.6) is 0 Å². The standard InChI is InChI=1S/C9H6F3NO2/c1-2-4-13-5-3-6(8(14)15)7(13)9(10,11)12/h1,3,5H,4H2,(H,14,15). The Labute approximate surface area is 83.1 Å². The zero-order chi connectivity index (χ0) is 11.6. The quantitative estimate of drug-likeness (QED) is 0.768.